The number of alkyl carbamates (subject to hydrolysis) is 1. The van der Waals surface area contributed by atoms with Gasteiger partial charge in [-0.3, -0.25) is 10.1 Å². The fourth-order valence-electron chi connectivity index (χ4n) is 2.25. The van der Waals surface area contributed by atoms with Gasteiger partial charge in [-0.1, -0.05) is 48.5 Å². The fraction of sp³-hybridized carbons (Fsp3) is 0.250. The van der Waals surface area contributed by atoms with Crippen LogP contribution in [-0.4, -0.2) is 37.8 Å². The molecule has 2 aromatic rings. The van der Waals surface area contributed by atoms with Gasteiger partial charge in [-0.25, -0.2) is 9.59 Å². The van der Waals surface area contributed by atoms with E-state index >= 15 is 0 Å². The molecule has 7 heteroatoms. The van der Waals surface area contributed by atoms with Crippen molar-refractivity contribution < 1.29 is 28.6 Å². The molecular formula is C20H21NO6. The summed E-state index contributed by atoms with van der Waals surface area (Å²) < 4.78 is 14.9. The molecule has 0 saturated heterocycles. The molecule has 142 valence electrons. The fourth-order valence-corrected chi connectivity index (χ4v) is 2.25. The van der Waals surface area contributed by atoms with E-state index in [4.69, 9.17) is 9.47 Å². The van der Waals surface area contributed by atoms with E-state index < -0.39 is 24.6 Å². The largest absolute Gasteiger partial charge is 0.482 e. The van der Waals surface area contributed by atoms with Crippen molar-refractivity contribution in [2.24, 2.45) is 0 Å². The number of para-hydroxylation sites is 1. The summed E-state index contributed by atoms with van der Waals surface area (Å²) in [6.07, 6.45) is -0.224. The summed E-state index contributed by atoms with van der Waals surface area (Å²) in [5.41, 5.74) is 2.04. The van der Waals surface area contributed by atoms with Crippen LogP contribution in [0.1, 0.15) is 18.1 Å². The zero-order valence-corrected chi connectivity index (χ0v) is 15.0. The monoisotopic (exact) mass is 371 g/mol. The van der Waals surface area contributed by atoms with Gasteiger partial charge in [0, 0.05) is 6.42 Å². The molecule has 0 aliphatic rings. The van der Waals surface area contributed by atoms with Crippen LogP contribution in [0.3, 0.4) is 0 Å². The second-order valence-electron chi connectivity index (χ2n) is 5.49. The van der Waals surface area contributed by atoms with E-state index in [1.54, 1.807) is 13.0 Å². The number of amides is 2. The van der Waals surface area contributed by atoms with E-state index in [0.29, 0.717) is 12.2 Å². The van der Waals surface area contributed by atoms with Gasteiger partial charge < -0.3 is 14.2 Å². The lowest BCUT2D eigenvalue weighted by molar-refractivity contribution is -0.150. The second kappa shape index (κ2) is 10.6. The first-order valence-corrected chi connectivity index (χ1v) is 8.45. The number of benzene rings is 2. The highest BCUT2D eigenvalue weighted by Gasteiger charge is 2.13. The Morgan fingerprint density at radius 1 is 0.889 bits per heavy atom. The lowest BCUT2D eigenvalue weighted by atomic mass is 10.0. The minimum Gasteiger partial charge on any atom is -0.482 e. The molecule has 27 heavy (non-hydrogen) atoms. The van der Waals surface area contributed by atoms with Crippen LogP contribution in [0.2, 0.25) is 0 Å². The number of rotatable bonds is 8. The number of carbonyl (C=O) groups excluding carboxylic acids is 3. The quantitative estimate of drug-likeness (QED) is 0.717. The molecule has 0 bridgehead atoms. The molecule has 0 heterocycles. The maximum atomic E-state index is 11.8. The Labute approximate surface area is 157 Å². The highest BCUT2D eigenvalue weighted by atomic mass is 16.6. The van der Waals surface area contributed by atoms with Gasteiger partial charge in [0.15, 0.2) is 13.2 Å². The Bertz CT molecular complexity index is 775. The van der Waals surface area contributed by atoms with E-state index in [9.17, 15) is 14.4 Å². The molecule has 0 fully saturated rings. The third kappa shape index (κ3) is 7.19. The van der Waals surface area contributed by atoms with Gasteiger partial charge in [-0.15, -0.1) is 0 Å². The van der Waals surface area contributed by atoms with Crippen molar-refractivity contribution in [1.82, 2.24) is 5.32 Å². The molecule has 0 unspecified atom stereocenters. The predicted molar refractivity (Wildman–Crippen MR) is 97.3 cm³/mol. The molecule has 2 amide bonds. The number of hydrogen-bond donors (Lipinski definition) is 1. The highest BCUT2D eigenvalue weighted by Crippen LogP contribution is 2.21. The topological polar surface area (TPSA) is 90.9 Å². The maximum Gasteiger partial charge on any atom is 0.413 e. The van der Waals surface area contributed by atoms with E-state index in [1.807, 2.05) is 53.8 Å². The molecule has 0 aliphatic carbocycles. The summed E-state index contributed by atoms with van der Waals surface area (Å²) in [7, 11) is 0. The molecule has 7 nitrogen and oxygen atoms in total. The second-order valence-corrected chi connectivity index (χ2v) is 5.49. The SMILES string of the molecule is CCOC(=O)NC(=O)COC(=O)COc1ccccc1Cc1ccccc1. The summed E-state index contributed by atoms with van der Waals surface area (Å²) in [6.45, 7) is 0.803. The number of nitrogens with one attached hydrogen (secondary N) is 1. The molecule has 0 atom stereocenters. The van der Waals surface area contributed by atoms with Gasteiger partial charge >= 0.3 is 12.1 Å². The Kier molecular flexibility index (Phi) is 7.84. The smallest absolute Gasteiger partial charge is 0.413 e. The number of esters is 1. The van der Waals surface area contributed by atoms with Crippen LogP contribution in [0.5, 0.6) is 5.75 Å². The summed E-state index contributed by atoms with van der Waals surface area (Å²) in [4.78, 5) is 34.3. The molecular weight excluding hydrogens is 350 g/mol. The Hall–Kier alpha value is -3.35. The lowest BCUT2D eigenvalue weighted by Crippen LogP contribution is -2.35. The number of carbonyl (C=O) groups is 3. The normalized spacial score (nSPS) is 9.96. The Morgan fingerprint density at radius 2 is 1.59 bits per heavy atom. The Balaban J connectivity index is 1.81. The minimum atomic E-state index is -0.885. The Morgan fingerprint density at radius 3 is 2.33 bits per heavy atom. The number of hydrogen-bond acceptors (Lipinski definition) is 6. The standard InChI is InChI=1S/C20H21NO6/c1-2-25-20(24)21-18(22)13-27-19(23)14-26-17-11-7-6-10-16(17)12-15-8-4-3-5-9-15/h3-11H,2,12-14H2,1H3,(H,21,22,24). The van der Waals surface area contributed by atoms with Crippen molar-refractivity contribution >= 4 is 18.0 Å². The van der Waals surface area contributed by atoms with Gasteiger partial charge in [0.25, 0.3) is 5.91 Å². The van der Waals surface area contributed by atoms with Crippen LogP contribution in [-0.2, 0) is 25.5 Å². The third-order valence-electron chi connectivity index (χ3n) is 3.44. The predicted octanol–water partition coefficient (Wildman–Crippen LogP) is 2.47. The first-order valence-electron chi connectivity index (χ1n) is 8.45. The molecule has 0 saturated carbocycles. The van der Waals surface area contributed by atoms with Crippen molar-refractivity contribution in [3.63, 3.8) is 0 Å². The first kappa shape index (κ1) is 20.0. The van der Waals surface area contributed by atoms with E-state index in [0.717, 1.165) is 11.1 Å². The molecule has 1 N–H and O–H groups in total. The molecule has 0 aliphatic heterocycles. The average Bonchev–Trinajstić information content (AvgIpc) is 2.66. The molecule has 0 spiro atoms. The van der Waals surface area contributed by atoms with E-state index in [2.05, 4.69) is 4.74 Å². The lowest BCUT2D eigenvalue weighted by Gasteiger charge is -2.11. The van der Waals surface area contributed by atoms with Gasteiger partial charge in [0.1, 0.15) is 5.75 Å². The first-order chi connectivity index (χ1) is 13.1. The van der Waals surface area contributed by atoms with Gasteiger partial charge in [-0.2, -0.15) is 0 Å². The van der Waals surface area contributed by atoms with Crippen molar-refractivity contribution in [2.45, 2.75) is 13.3 Å². The van der Waals surface area contributed by atoms with Crippen molar-refractivity contribution in [3.8, 4) is 5.75 Å². The van der Waals surface area contributed by atoms with Crippen LogP contribution in [0.25, 0.3) is 0 Å². The van der Waals surface area contributed by atoms with Gasteiger partial charge in [-0.05, 0) is 24.1 Å². The summed E-state index contributed by atoms with van der Waals surface area (Å²) in [5, 5.41) is 1.93. The maximum absolute atomic E-state index is 11.8. The highest BCUT2D eigenvalue weighted by molar-refractivity contribution is 5.93. The van der Waals surface area contributed by atoms with E-state index in [1.165, 1.54) is 0 Å². The van der Waals surface area contributed by atoms with Crippen molar-refractivity contribution in [3.05, 3.63) is 65.7 Å². The van der Waals surface area contributed by atoms with Crippen LogP contribution in [0.4, 0.5) is 4.79 Å². The summed E-state index contributed by atoms with van der Waals surface area (Å²) >= 11 is 0. The number of imide groups is 1. The summed E-state index contributed by atoms with van der Waals surface area (Å²) in [5.74, 6) is -0.927. The molecule has 0 radical (unpaired) electrons. The average molecular weight is 371 g/mol. The minimum absolute atomic E-state index is 0.134. The van der Waals surface area contributed by atoms with E-state index in [-0.39, 0.29) is 13.2 Å². The molecule has 0 aromatic heterocycles. The van der Waals surface area contributed by atoms with Gasteiger partial charge in [0.2, 0.25) is 0 Å². The zero-order valence-electron chi connectivity index (χ0n) is 15.0. The van der Waals surface area contributed by atoms with Crippen LogP contribution in [0, 0.1) is 0 Å². The van der Waals surface area contributed by atoms with Crippen LogP contribution >= 0.6 is 0 Å². The summed E-state index contributed by atoms with van der Waals surface area (Å²) in [6, 6.07) is 17.3. The van der Waals surface area contributed by atoms with Crippen LogP contribution < -0.4 is 10.1 Å². The molecule has 2 aromatic carbocycles. The number of ether oxygens (including phenoxy) is 3. The van der Waals surface area contributed by atoms with Gasteiger partial charge in [0.05, 0.1) is 6.61 Å². The zero-order chi connectivity index (χ0) is 19.5. The van der Waals surface area contributed by atoms with Crippen LogP contribution in [0.15, 0.2) is 54.6 Å². The molecule has 2 rings (SSSR count). The van der Waals surface area contributed by atoms with Crippen molar-refractivity contribution in [1.29, 1.82) is 0 Å². The third-order valence-corrected chi connectivity index (χ3v) is 3.44. The van der Waals surface area contributed by atoms with Crippen molar-refractivity contribution in [2.75, 3.05) is 19.8 Å².